The lowest BCUT2D eigenvalue weighted by molar-refractivity contribution is -0.141. The van der Waals surface area contributed by atoms with Crippen molar-refractivity contribution in [3.8, 4) is 0 Å². The van der Waals surface area contributed by atoms with E-state index in [4.69, 9.17) is 5.14 Å². The molecular formula is C17H22N2O5S. The predicted octanol–water partition coefficient (Wildman–Crippen LogP) is 1.50. The van der Waals surface area contributed by atoms with Gasteiger partial charge in [-0.3, -0.25) is 4.79 Å². The Morgan fingerprint density at radius 2 is 1.92 bits per heavy atom. The van der Waals surface area contributed by atoms with Crippen molar-refractivity contribution in [2.45, 2.75) is 56.0 Å². The van der Waals surface area contributed by atoms with E-state index in [0.29, 0.717) is 17.5 Å². The molecule has 0 spiro atoms. The quantitative estimate of drug-likeness (QED) is 0.840. The molecule has 0 radical (unpaired) electrons. The van der Waals surface area contributed by atoms with Crippen molar-refractivity contribution < 1.29 is 23.1 Å². The number of nitrogens with zero attached hydrogens (tertiary/aromatic N) is 1. The SMILES string of the molecule is Cc1cc(C(=O)N2[C@@H]3CCCC[C@@H]3C[C@H]2C(=O)O)ccc1S(N)(=O)=O. The summed E-state index contributed by atoms with van der Waals surface area (Å²) in [7, 11) is -3.86. The molecule has 7 nitrogen and oxygen atoms in total. The van der Waals surface area contributed by atoms with E-state index in [9.17, 15) is 23.1 Å². The van der Waals surface area contributed by atoms with Gasteiger partial charge in [-0.25, -0.2) is 18.4 Å². The fourth-order valence-corrected chi connectivity index (χ4v) is 4.99. The maximum Gasteiger partial charge on any atom is 0.326 e. The van der Waals surface area contributed by atoms with Gasteiger partial charge in [0.2, 0.25) is 10.0 Å². The minimum absolute atomic E-state index is 0.0317. The molecule has 0 aromatic heterocycles. The summed E-state index contributed by atoms with van der Waals surface area (Å²) in [6.45, 7) is 1.57. The van der Waals surface area contributed by atoms with Gasteiger partial charge in [-0.15, -0.1) is 0 Å². The lowest BCUT2D eigenvalue weighted by Crippen LogP contribution is -2.46. The standard InChI is InChI=1S/C17H22N2O5S/c1-10-8-12(6-7-15(10)25(18,23)24)16(20)19-13-5-3-2-4-11(13)9-14(19)17(21)22/h6-8,11,13-14H,2-5,9H2,1H3,(H,21,22)(H2,18,23,24)/t11-,13-,14+/m1/s1. The lowest BCUT2D eigenvalue weighted by atomic mass is 9.84. The number of rotatable bonds is 3. The number of fused-ring (bicyclic) bond motifs is 1. The molecule has 0 bridgehead atoms. The van der Waals surface area contributed by atoms with Gasteiger partial charge in [0.05, 0.1) is 4.90 Å². The second-order valence-electron chi connectivity index (χ2n) is 6.94. The van der Waals surface area contributed by atoms with E-state index >= 15 is 0 Å². The highest BCUT2D eigenvalue weighted by Crippen LogP contribution is 2.40. The van der Waals surface area contributed by atoms with Gasteiger partial charge < -0.3 is 10.0 Å². The molecule has 1 saturated carbocycles. The van der Waals surface area contributed by atoms with Crippen molar-refractivity contribution in [2.24, 2.45) is 11.1 Å². The van der Waals surface area contributed by atoms with Gasteiger partial charge >= 0.3 is 5.97 Å². The summed E-state index contributed by atoms with van der Waals surface area (Å²) in [5.74, 6) is -1.12. The zero-order chi connectivity index (χ0) is 18.4. The largest absolute Gasteiger partial charge is 0.480 e. The predicted molar refractivity (Wildman–Crippen MR) is 90.5 cm³/mol. The van der Waals surface area contributed by atoms with Crippen LogP contribution >= 0.6 is 0 Å². The van der Waals surface area contributed by atoms with E-state index in [2.05, 4.69) is 0 Å². The molecule has 1 aliphatic carbocycles. The van der Waals surface area contributed by atoms with Gasteiger partial charge in [0.25, 0.3) is 5.91 Å². The number of primary sulfonamides is 1. The number of carboxylic acids is 1. The number of carbonyl (C=O) groups is 2. The van der Waals surface area contributed by atoms with Crippen LogP contribution in [0.1, 0.15) is 48.0 Å². The molecule has 1 aliphatic heterocycles. The van der Waals surface area contributed by atoms with Crippen LogP contribution in [0, 0.1) is 12.8 Å². The van der Waals surface area contributed by atoms with Crippen LogP contribution in [0.5, 0.6) is 0 Å². The van der Waals surface area contributed by atoms with Gasteiger partial charge in [0, 0.05) is 11.6 Å². The zero-order valence-corrected chi connectivity index (χ0v) is 14.8. The summed E-state index contributed by atoms with van der Waals surface area (Å²) in [6, 6.07) is 3.31. The highest BCUT2D eigenvalue weighted by atomic mass is 32.2. The van der Waals surface area contributed by atoms with Gasteiger partial charge in [-0.05, 0) is 55.9 Å². The van der Waals surface area contributed by atoms with Crippen molar-refractivity contribution in [3.05, 3.63) is 29.3 Å². The van der Waals surface area contributed by atoms with Crippen molar-refractivity contribution in [3.63, 3.8) is 0 Å². The average Bonchev–Trinajstić information content (AvgIpc) is 2.92. The first-order chi connectivity index (χ1) is 11.7. The summed E-state index contributed by atoms with van der Waals surface area (Å²) in [4.78, 5) is 26.1. The van der Waals surface area contributed by atoms with Gasteiger partial charge in [-0.1, -0.05) is 12.8 Å². The Labute approximate surface area is 146 Å². The first-order valence-corrected chi connectivity index (χ1v) is 9.93. The van der Waals surface area contributed by atoms with Crippen molar-refractivity contribution >= 4 is 21.9 Å². The molecule has 3 rings (SSSR count). The number of hydrogen-bond acceptors (Lipinski definition) is 4. The van der Waals surface area contributed by atoms with Crippen LogP contribution in [0.4, 0.5) is 0 Å². The second kappa shape index (κ2) is 6.42. The topological polar surface area (TPSA) is 118 Å². The van der Waals surface area contributed by atoms with Crippen LogP contribution in [0.25, 0.3) is 0 Å². The molecule has 3 atom stereocenters. The maximum absolute atomic E-state index is 13.0. The van der Waals surface area contributed by atoms with E-state index in [1.165, 1.54) is 23.1 Å². The third kappa shape index (κ3) is 3.28. The molecule has 2 aliphatic rings. The first-order valence-electron chi connectivity index (χ1n) is 8.39. The number of aliphatic carboxylic acids is 1. The Morgan fingerprint density at radius 1 is 1.24 bits per heavy atom. The molecule has 0 unspecified atom stereocenters. The Kier molecular flexibility index (Phi) is 4.59. The summed E-state index contributed by atoms with van der Waals surface area (Å²) < 4.78 is 23.0. The molecule has 2 fully saturated rings. The third-order valence-corrected chi connectivity index (χ3v) is 6.41. The number of hydrogen-bond donors (Lipinski definition) is 2. The number of benzene rings is 1. The highest BCUT2D eigenvalue weighted by molar-refractivity contribution is 7.89. The molecular weight excluding hydrogens is 344 g/mol. The minimum atomic E-state index is -3.86. The summed E-state index contributed by atoms with van der Waals surface area (Å²) in [6.07, 6.45) is 4.30. The van der Waals surface area contributed by atoms with Crippen LogP contribution in [0.3, 0.4) is 0 Å². The Balaban J connectivity index is 1.95. The van der Waals surface area contributed by atoms with E-state index in [0.717, 1.165) is 25.7 Å². The number of nitrogens with two attached hydrogens (primary N) is 1. The highest BCUT2D eigenvalue weighted by Gasteiger charge is 2.47. The smallest absolute Gasteiger partial charge is 0.326 e. The van der Waals surface area contributed by atoms with Gasteiger partial charge in [-0.2, -0.15) is 0 Å². The number of amides is 1. The zero-order valence-electron chi connectivity index (χ0n) is 14.0. The average molecular weight is 366 g/mol. The van der Waals surface area contributed by atoms with Gasteiger partial charge in [0.1, 0.15) is 6.04 Å². The van der Waals surface area contributed by atoms with Crippen LogP contribution in [-0.2, 0) is 14.8 Å². The lowest BCUT2D eigenvalue weighted by Gasteiger charge is -2.33. The normalized spacial score (nSPS) is 26.3. The molecule has 3 N–H and O–H groups in total. The number of aryl methyl sites for hydroxylation is 1. The number of carboxylic acid groups (broad SMARTS) is 1. The monoisotopic (exact) mass is 366 g/mol. The van der Waals surface area contributed by atoms with Crippen molar-refractivity contribution in [2.75, 3.05) is 0 Å². The molecule has 1 aromatic rings. The van der Waals surface area contributed by atoms with E-state index in [1.54, 1.807) is 6.92 Å². The van der Waals surface area contributed by atoms with Crippen molar-refractivity contribution in [1.29, 1.82) is 0 Å². The molecule has 1 heterocycles. The number of carbonyl (C=O) groups excluding carboxylic acids is 1. The van der Waals surface area contributed by atoms with Crippen LogP contribution in [-0.4, -0.2) is 42.4 Å². The first kappa shape index (κ1) is 17.9. The molecule has 8 heteroatoms. The maximum atomic E-state index is 13.0. The van der Waals surface area contributed by atoms with Crippen LogP contribution < -0.4 is 5.14 Å². The molecule has 25 heavy (non-hydrogen) atoms. The van der Waals surface area contributed by atoms with Crippen LogP contribution in [0.15, 0.2) is 23.1 Å². The molecule has 136 valence electrons. The Bertz CT molecular complexity index is 820. The van der Waals surface area contributed by atoms with E-state index in [1.807, 2.05) is 0 Å². The fourth-order valence-electron chi connectivity index (χ4n) is 4.22. The van der Waals surface area contributed by atoms with Gasteiger partial charge in [0.15, 0.2) is 0 Å². The molecule has 1 amide bonds. The number of likely N-dealkylation sites (tertiary alicyclic amines) is 1. The second-order valence-corrected chi connectivity index (χ2v) is 8.47. The number of sulfonamides is 1. The van der Waals surface area contributed by atoms with Crippen LogP contribution in [0.2, 0.25) is 0 Å². The van der Waals surface area contributed by atoms with E-state index in [-0.39, 0.29) is 22.8 Å². The Morgan fingerprint density at radius 3 is 2.52 bits per heavy atom. The third-order valence-electron chi connectivity index (χ3n) is 5.34. The molecule has 1 aromatic carbocycles. The summed E-state index contributed by atoms with van der Waals surface area (Å²) in [5, 5.41) is 14.7. The molecule has 1 saturated heterocycles. The summed E-state index contributed by atoms with van der Waals surface area (Å²) >= 11 is 0. The Hall–Kier alpha value is -1.93. The van der Waals surface area contributed by atoms with E-state index < -0.39 is 22.0 Å². The fraction of sp³-hybridized carbons (Fsp3) is 0.529. The van der Waals surface area contributed by atoms with Crippen molar-refractivity contribution in [1.82, 2.24) is 4.90 Å². The summed E-state index contributed by atoms with van der Waals surface area (Å²) in [5.41, 5.74) is 0.669. The minimum Gasteiger partial charge on any atom is -0.480 e.